The number of carbonyl (C=O) groups is 2. The van der Waals surface area contributed by atoms with Crippen molar-refractivity contribution in [3.8, 4) is 0 Å². The van der Waals surface area contributed by atoms with Crippen LogP contribution in [-0.2, 0) is 11.2 Å². The van der Waals surface area contributed by atoms with Gasteiger partial charge in [0.2, 0.25) is 5.91 Å². The van der Waals surface area contributed by atoms with E-state index in [0.717, 1.165) is 30.7 Å². The Hall–Kier alpha value is -2.56. The lowest BCUT2D eigenvalue weighted by molar-refractivity contribution is -0.135. The maximum Gasteiger partial charge on any atom is 0.335 e. The van der Waals surface area contributed by atoms with Crippen LogP contribution in [0.5, 0.6) is 0 Å². The molecule has 24 heavy (non-hydrogen) atoms. The highest BCUT2D eigenvalue weighted by molar-refractivity contribution is 5.87. The summed E-state index contributed by atoms with van der Waals surface area (Å²) in [6.07, 6.45) is 3.80. The monoisotopic (exact) mass is 327 g/mol. The predicted molar refractivity (Wildman–Crippen MR) is 88.7 cm³/mol. The Morgan fingerprint density at radius 2 is 2.00 bits per heavy atom. The minimum absolute atomic E-state index is 0.0189. The maximum absolute atomic E-state index is 12.8. The first kappa shape index (κ1) is 16.3. The minimum atomic E-state index is -0.962. The summed E-state index contributed by atoms with van der Waals surface area (Å²) in [4.78, 5) is 25.6. The first-order valence-corrected chi connectivity index (χ1v) is 8.19. The molecule has 0 bridgehead atoms. The fraction of sp³-hybridized carbons (Fsp3) is 0.368. The molecule has 0 saturated carbocycles. The van der Waals surface area contributed by atoms with Crippen LogP contribution < -0.4 is 0 Å². The SMILES string of the molecule is C[C@@H]1CCN(C(=O)Cc2ccc(C(=O)O)cc2)[C@H](c2ccco2)C1. The fourth-order valence-corrected chi connectivity index (χ4v) is 3.23. The number of amides is 1. The van der Waals surface area contributed by atoms with E-state index in [1.807, 2.05) is 17.0 Å². The Bertz CT molecular complexity index is 705. The van der Waals surface area contributed by atoms with Crippen molar-refractivity contribution in [2.24, 2.45) is 5.92 Å². The zero-order valence-corrected chi connectivity index (χ0v) is 13.6. The van der Waals surface area contributed by atoms with Gasteiger partial charge in [0.1, 0.15) is 5.76 Å². The van der Waals surface area contributed by atoms with Crippen molar-refractivity contribution in [2.45, 2.75) is 32.2 Å². The van der Waals surface area contributed by atoms with E-state index in [-0.39, 0.29) is 23.9 Å². The molecule has 126 valence electrons. The molecular weight excluding hydrogens is 306 g/mol. The van der Waals surface area contributed by atoms with Gasteiger partial charge < -0.3 is 14.4 Å². The Kier molecular flexibility index (Phi) is 4.69. The van der Waals surface area contributed by atoms with Gasteiger partial charge in [-0.2, -0.15) is 0 Å². The van der Waals surface area contributed by atoms with Gasteiger partial charge in [0.25, 0.3) is 0 Å². The summed E-state index contributed by atoms with van der Waals surface area (Å²) in [6, 6.07) is 10.2. The fourth-order valence-electron chi connectivity index (χ4n) is 3.23. The number of aromatic carboxylic acids is 1. The summed E-state index contributed by atoms with van der Waals surface area (Å²) in [5, 5.41) is 8.94. The van der Waals surface area contributed by atoms with E-state index >= 15 is 0 Å². The Morgan fingerprint density at radius 3 is 2.62 bits per heavy atom. The van der Waals surface area contributed by atoms with E-state index in [9.17, 15) is 9.59 Å². The molecule has 1 aromatic carbocycles. The minimum Gasteiger partial charge on any atom is -0.478 e. The molecule has 2 aromatic rings. The lowest BCUT2D eigenvalue weighted by atomic mass is 9.90. The maximum atomic E-state index is 12.8. The topological polar surface area (TPSA) is 70.8 Å². The van der Waals surface area contributed by atoms with Crippen molar-refractivity contribution in [2.75, 3.05) is 6.54 Å². The molecule has 1 saturated heterocycles. The van der Waals surface area contributed by atoms with E-state index in [2.05, 4.69) is 6.92 Å². The van der Waals surface area contributed by atoms with Gasteiger partial charge in [-0.05, 0) is 48.6 Å². The van der Waals surface area contributed by atoms with Crippen molar-refractivity contribution < 1.29 is 19.1 Å². The number of furan rings is 1. The van der Waals surface area contributed by atoms with E-state index in [0.29, 0.717) is 5.92 Å². The standard InChI is InChI=1S/C19H21NO4/c1-13-8-9-20(16(11-13)17-3-2-10-24-17)18(21)12-14-4-6-15(7-5-14)19(22)23/h2-7,10,13,16H,8-9,11-12H2,1H3,(H,22,23)/t13-,16+/m1/s1. The van der Waals surface area contributed by atoms with Gasteiger partial charge >= 0.3 is 5.97 Å². The van der Waals surface area contributed by atoms with Crippen LogP contribution in [0, 0.1) is 5.92 Å². The van der Waals surface area contributed by atoms with Gasteiger partial charge in [0, 0.05) is 6.54 Å². The van der Waals surface area contributed by atoms with Crippen LogP contribution in [0.4, 0.5) is 0 Å². The third kappa shape index (κ3) is 3.50. The predicted octanol–water partition coefficient (Wildman–Crippen LogP) is 3.52. The zero-order valence-electron chi connectivity index (χ0n) is 13.6. The average molecular weight is 327 g/mol. The molecule has 1 fully saturated rings. The largest absolute Gasteiger partial charge is 0.478 e. The molecule has 5 nitrogen and oxygen atoms in total. The van der Waals surface area contributed by atoms with Crippen LogP contribution in [-0.4, -0.2) is 28.4 Å². The summed E-state index contributed by atoms with van der Waals surface area (Å²) < 4.78 is 5.53. The Balaban J connectivity index is 1.73. The lowest BCUT2D eigenvalue weighted by Gasteiger charge is -2.37. The Morgan fingerprint density at radius 1 is 1.25 bits per heavy atom. The molecule has 3 rings (SSSR count). The van der Waals surface area contributed by atoms with Crippen LogP contribution in [0.1, 0.15) is 47.5 Å². The number of carboxylic acids is 1. The van der Waals surface area contributed by atoms with Gasteiger partial charge in [0.15, 0.2) is 0 Å². The first-order valence-electron chi connectivity index (χ1n) is 8.19. The number of piperidine rings is 1. The van der Waals surface area contributed by atoms with Crippen LogP contribution in [0.25, 0.3) is 0 Å². The van der Waals surface area contributed by atoms with Crippen molar-refractivity contribution in [3.05, 3.63) is 59.5 Å². The van der Waals surface area contributed by atoms with E-state index < -0.39 is 5.97 Å². The number of benzene rings is 1. The second kappa shape index (κ2) is 6.91. The van der Waals surface area contributed by atoms with E-state index in [4.69, 9.17) is 9.52 Å². The molecule has 0 aliphatic carbocycles. The summed E-state index contributed by atoms with van der Waals surface area (Å²) in [7, 11) is 0. The number of carbonyl (C=O) groups excluding carboxylic acids is 1. The Labute approximate surface area is 140 Å². The number of hydrogen-bond acceptors (Lipinski definition) is 3. The number of hydrogen-bond donors (Lipinski definition) is 1. The number of likely N-dealkylation sites (tertiary alicyclic amines) is 1. The smallest absolute Gasteiger partial charge is 0.335 e. The highest BCUT2D eigenvalue weighted by Crippen LogP contribution is 2.34. The summed E-state index contributed by atoms with van der Waals surface area (Å²) in [6.45, 7) is 2.92. The van der Waals surface area contributed by atoms with Crippen molar-refractivity contribution in [1.82, 2.24) is 4.90 Å². The number of rotatable bonds is 4. The first-order chi connectivity index (χ1) is 11.5. The van der Waals surface area contributed by atoms with Gasteiger partial charge in [-0.1, -0.05) is 19.1 Å². The molecule has 2 atom stereocenters. The molecule has 1 amide bonds. The molecular formula is C19H21NO4. The van der Waals surface area contributed by atoms with E-state index in [1.54, 1.807) is 18.4 Å². The van der Waals surface area contributed by atoms with E-state index in [1.165, 1.54) is 12.1 Å². The molecule has 1 N–H and O–H groups in total. The third-order valence-electron chi connectivity index (χ3n) is 4.61. The normalized spacial score (nSPS) is 20.8. The van der Waals surface area contributed by atoms with Crippen LogP contribution in [0.2, 0.25) is 0 Å². The molecule has 1 aromatic heterocycles. The third-order valence-corrected chi connectivity index (χ3v) is 4.61. The number of nitrogens with zero attached hydrogens (tertiary/aromatic N) is 1. The quantitative estimate of drug-likeness (QED) is 0.932. The highest BCUT2D eigenvalue weighted by atomic mass is 16.4. The van der Waals surface area contributed by atoms with Gasteiger partial charge in [-0.15, -0.1) is 0 Å². The molecule has 1 aliphatic heterocycles. The van der Waals surface area contributed by atoms with Crippen LogP contribution >= 0.6 is 0 Å². The summed E-state index contributed by atoms with van der Waals surface area (Å²) >= 11 is 0. The lowest BCUT2D eigenvalue weighted by Crippen LogP contribution is -2.41. The molecule has 0 radical (unpaired) electrons. The van der Waals surface area contributed by atoms with Gasteiger partial charge in [-0.3, -0.25) is 4.79 Å². The summed E-state index contributed by atoms with van der Waals surface area (Å²) in [5.74, 6) is 0.470. The van der Waals surface area contributed by atoms with Crippen molar-refractivity contribution in [1.29, 1.82) is 0 Å². The number of carboxylic acid groups (broad SMARTS) is 1. The second-order valence-corrected chi connectivity index (χ2v) is 6.43. The van der Waals surface area contributed by atoms with Crippen molar-refractivity contribution >= 4 is 11.9 Å². The molecule has 5 heteroatoms. The molecule has 0 spiro atoms. The average Bonchev–Trinajstić information content (AvgIpc) is 3.09. The van der Waals surface area contributed by atoms with Crippen LogP contribution in [0.3, 0.4) is 0 Å². The summed E-state index contributed by atoms with van der Waals surface area (Å²) in [5.41, 5.74) is 1.05. The second-order valence-electron chi connectivity index (χ2n) is 6.43. The highest BCUT2D eigenvalue weighted by Gasteiger charge is 2.32. The van der Waals surface area contributed by atoms with Gasteiger partial charge in [-0.25, -0.2) is 4.79 Å². The van der Waals surface area contributed by atoms with Crippen LogP contribution in [0.15, 0.2) is 47.1 Å². The zero-order chi connectivity index (χ0) is 17.1. The molecule has 0 unspecified atom stereocenters. The van der Waals surface area contributed by atoms with Crippen molar-refractivity contribution in [3.63, 3.8) is 0 Å². The molecule has 1 aliphatic rings. The van der Waals surface area contributed by atoms with Gasteiger partial charge in [0.05, 0.1) is 24.3 Å². The molecule has 2 heterocycles.